The van der Waals surface area contributed by atoms with Crippen LogP contribution >= 0.6 is 0 Å². The number of ketones is 1. The van der Waals surface area contributed by atoms with E-state index in [-0.39, 0.29) is 23.7 Å². The first-order chi connectivity index (χ1) is 15.6. The normalized spacial score (nSPS) is 18.3. The number of fused-ring (bicyclic) bond motifs is 3. The molecular weight excluding hydrogens is 406 g/mol. The predicted octanol–water partition coefficient (Wildman–Crippen LogP) is 4.28. The largest absolute Gasteiger partial charge is 0.486 e. The third kappa shape index (κ3) is 3.83. The highest BCUT2D eigenvalue weighted by Crippen LogP contribution is 2.49. The van der Waals surface area contributed by atoms with Gasteiger partial charge in [-0.2, -0.15) is 0 Å². The number of benzene rings is 2. The summed E-state index contributed by atoms with van der Waals surface area (Å²) in [4.78, 5) is 26.8. The molecule has 6 heteroatoms. The van der Waals surface area contributed by atoms with Crippen molar-refractivity contribution in [3.8, 4) is 17.2 Å². The summed E-state index contributed by atoms with van der Waals surface area (Å²) >= 11 is 0. The molecule has 5 rings (SSSR count). The molecule has 2 aromatic rings. The second kappa shape index (κ2) is 8.49. The van der Waals surface area contributed by atoms with E-state index in [0.29, 0.717) is 44.0 Å². The highest BCUT2D eigenvalue weighted by molar-refractivity contribution is 5.95. The lowest BCUT2D eigenvalue weighted by Crippen LogP contribution is -2.48. The van der Waals surface area contributed by atoms with Crippen LogP contribution < -0.4 is 14.2 Å². The van der Waals surface area contributed by atoms with Crippen LogP contribution in [0, 0.1) is 0 Å². The van der Waals surface area contributed by atoms with Crippen LogP contribution in [0.1, 0.15) is 60.5 Å². The number of hydrogen-bond donors (Lipinski definition) is 0. The van der Waals surface area contributed by atoms with Crippen LogP contribution in [0.2, 0.25) is 0 Å². The molecule has 0 N–H and O–H groups in total. The Hall–Kier alpha value is -3.02. The van der Waals surface area contributed by atoms with Crippen LogP contribution in [0.3, 0.4) is 0 Å². The zero-order valence-electron chi connectivity index (χ0n) is 18.5. The smallest absolute Gasteiger partial charge is 0.260 e. The Bertz CT molecular complexity index is 1020. The molecule has 32 heavy (non-hydrogen) atoms. The minimum absolute atomic E-state index is 0.0127. The predicted molar refractivity (Wildman–Crippen MR) is 120 cm³/mol. The minimum atomic E-state index is -0.0227. The van der Waals surface area contributed by atoms with Gasteiger partial charge in [0, 0.05) is 30.5 Å². The van der Waals surface area contributed by atoms with Gasteiger partial charge in [0.1, 0.15) is 19.0 Å². The Kier molecular flexibility index (Phi) is 5.53. The summed E-state index contributed by atoms with van der Waals surface area (Å²) < 4.78 is 17.4. The van der Waals surface area contributed by atoms with Crippen LogP contribution in [-0.2, 0) is 16.8 Å². The van der Waals surface area contributed by atoms with Gasteiger partial charge in [-0.05, 0) is 60.4 Å². The maximum atomic E-state index is 13.1. The molecule has 0 atom stereocenters. The van der Waals surface area contributed by atoms with Crippen LogP contribution in [0.25, 0.3) is 0 Å². The fraction of sp³-hybridized carbons (Fsp3) is 0.462. The van der Waals surface area contributed by atoms with E-state index in [9.17, 15) is 9.59 Å². The topological polar surface area (TPSA) is 65.1 Å². The van der Waals surface area contributed by atoms with E-state index in [1.54, 1.807) is 24.3 Å². The van der Waals surface area contributed by atoms with Crippen LogP contribution in [0.4, 0.5) is 0 Å². The van der Waals surface area contributed by atoms with E-state index in [1.165, 1.54) is 18.4 Å². The van der Waals surface area contributed by atoms with Crippen molar-refractivity contribution < 1.29 is 23.8 Å². The van der Waals surface area contributed by atoms with Crippen LogP contribution in [0.5, 0.6) is 17.2 Å². The van der Waals surface area contributed by atoms with Crippen molar-refractivity contribution in [3.63, 3.8) is 0 Å². The van der Waals surface area contributed by atoms with Gasteiger partial charge in [-0.1, -0.05) is 19.8 Å². The Morgan fingerprint density at radius 2 is 1.72 bits per heavy atom. The van der Waals surface area contributed by atoms with E-state index in [2.05, 4.69) is 12.1 Å². The molecule has 3 aliphatic rings. The van der Waals surface area contributed by atoms with Crippen molar-refractivity contribution >= 4 is 11.7 Å². The highest BCUT2D eigenvalue weighted by atomic mass is 16.6. The highest BCUT2D eigenvalue weighted by Gasteiger charge is 2.44. The number of hydrogen-bond acceptors (Lipinski definition) is 5. The summed E-state index contributed by atoms with van der Waals surface area (Å²) in [6.07, 6.45) is 4.98. The Balaban J connectivity index is 1.32. The van der Waals surface area contributed by atoms with Gasteiger partial charge in [-0.25, -0.2) is 0 Å². The SMILES string of the molecule is CCC(=O)c1ccc(OCC(=O)N2Cc3cc4c(cc3C3(CCCC3)C2)OCCO4)cc1. The van der Waals surface area contributed by atoms with Gasteiger partial charge in [0.05, 0.1) is 0 Å². The fourth-order valence-electron chi connectivity index (χ4n) is 5.30. The van der Waals surface area contributed by atoms with E-state index in [1.807, 2.05) is 11.8 Å². The van der Waals surface area contributed by atoms with Gasteiger partial charge in [0.2, 0.25) is 0 Å². The number of carbonyl (C=O) groups excluding carboxylic acids is 2. The van der Waals surface area contributed by atoms with Gasteiger partial charge >= 0.3 is 0 Å². The molecule has 1 saturated carbocycles. The van der Waals surface area contributed by atoms with Crippen molar-refractivity contribution in [2.24, 2.45) is 0 Å². The second-order valence-corrected chi connectivity index (χ2v) is 8.98. The average molecular weight is 436 g/mol. The summed E-state index contributed by atoms with van der Waals surface area (Å²) in [7, 11) is 0. The summed E-state index contributed by atoms with van der Waals surface area (Å²) in [5, 5.41) is 0. The average Bonchev–Trinajstić information content (AvgIpc) is 3.30. The molecule has 1 fully saturated rings. The molecule has 1 aliphatic carbocycles. The summed E-state index contributed by atoms with van der Waals surface area (Å²) in [5.74, 6) is 2.27. The van der Waals surface area contributed by atoms with Gasteiger partial charge in [0.25, 0.3) is 5.91 Å². The van der Waals surface area contributed by atoms with Gasteiger partial charge in [-0.3, -0.25) is 9.59 Å². The summed E-state index contributed by atoms with van der Waals surface area (Å²) in [6, 6.07) is 11.2. The first kappa shape index (κ1) is 20.9. The zero-order valence-corrected chi connectivity index (χ0v) is 18.5. The monoisotopic (exact) mass is 435 g/mol. The zero-order chi connectivity index (χ0) is 22.1. The van der Waals surface area contributed by atoms with Crippen molar-refractivity contribution in [2.45, 2.75) is 51.0 Å². The number of amides is 1. The van der Waals surface area contributed by atoms with Gasteiger partial charge in [0.15, 0.2) is 23.9 Å². The third-order valence-electron chi connectivity index (χ3n) is 6.97. The van der Waals surface area contributed by atoms with Crippen molar-refractivity contribution in [3.05, 3.63) is 53.1 Å². The molecular formula is C26H29NO5. The molecule has 6 nitrogen and oxygen atoms in total. The summed E-state index contributed by atoms with van der Waals surface area (Å²) in [6.45, 7) is 4.22. The molecule has 0 radical (unpaired) electrons. The molecule has 0 saturated heterocycles. The number of rotatable bonds is 5. The second-order valence-electron chi connectivity index (χ2n) is 8.98. The number of nitrogens with zero attached hydrogens (tertiary/aromatic N) is 1. The van der Waals surface area contributed by atoms with Crippen LogP contribution in [0.15, 0.2) is 36.4 Å². The Labute approximate surface area is 188 Å². The van der Waals surface area contributed by atoms with E-state index in [4.69, 9.17) is 14.2 Å². The Morgan fingerprint density at radius 3 is 2.41 bits per heavy atom. The molecule has 2 heterocycles. The van der Waals surface area contributed by atoms with Crippen molar-refractivity contribution in [1.29, 1.82) is 0 Å². The lowest BCUT2D eigenvalue weighted by atomic mass is 9.73. The Morgan fingerprint density at radius 1 is 1.03 bits per heavy atom. The van der Waals surface area contributed by atoms with Crippen molar-refractivity contribution in [1.82, 2.24) is 4.90 Å². The molecule has 1 spiro atoms. The quantitative estimate of drug-likeness (QED) is 0.656. The standard InChI is InChI=1S/C26H29NO5/c1-2-22(28)18-5-7-20(8-6-18)32-16-25(29)27-15-19-13-23-24(31-12-11-30-23)14-21(19)26(17-27)9-3-4-10-26/h5-8,13-14H,2-4,9-12,15-17H2,1H3. The van der Waals surface area contributed by atoms with Crippen LogP contribution in [-0.4, -0.2) is 43.0 Å². The lowest BCUT2D eigenvalue weighted by molar-refractivity contribution is -0.135. The molecule has 2 aromatic carbocycles. The lowest BCUT2D eigenvalue weighted by Gasteiger charge is -2.42. The molecule has 0 bridgehead atoms. The van der Waals surface area contributed by atoms with Crippen molar-refractivity contribution in [2.75, 3.05) is 26.4 Å². The number of ether oxygens (including phenoxy) is 3. The first-order valence-corrected chi connectivity index (χ1v) is 11.5. The van der Waals surface area contributed by atoms with Gasteiger partial charge < -0.3 is 19.1 Å². The summed E-state index contributed by atoms with van der Waals surface area (Å²) in [5.41, 5.74) is 3.12. The maximum absolute atomic E-state index is 13.1. The van der Waals surface area contributed by atoms with E-state index < -0.39 is 0 Å². The van der Waals surface area contributed by atoms with Gasteiger partial charge in [-0.15, -0.1) is 0 Å². The first-order valence-electron chi connectivity index (χ1n) is 11.5. The van der Waals surface area contributed by atoms with E-state index >= 15 is 0 Å². The number of Topliss-reactive ketones (excluding diaryl/α,β-unsaturated/α-hetero) is 1. The maximum Gasteiger partial charge on any atom is 0.260 e. The molecule has 2 aliphatic heterocycles. The fourth-order valence-corrected chi connectivity index (χ4v) is 5.30. The van der Waals surface area contributed by atoms with E-state index in [0.717, 1.165) is 29.9 Å². The molecule has 0 unspecified atom stereocenters. The number of carbonyl (C=O) groups is 2. The molecule has 1 amide bonds. The molecule has 0 aromatic heterocycles. The molecule has 168 valence electrons. The third-order valence-corrected chi connectivity index (χ3v) is 6.97. The minimum Gasteiger partial charge on any atom is -0.486 e.